The van der Waals surface area contributed by atoms with Gasteiger partial charge in [-0.05, 0) is 43.4 Å². The van der Waals surface area contributed by atoms with Gasteiger partial charge in [-0.3, -0.25) is 0 Å². The molecule has 2 heteroatoms. The lowest BCUT2D eigenvalue weighted by Gasteiger charge is -2.30. The Morgan fingerprint density at radius 3 is 2.36 bits per heavy atom. The van der Waals surface area contributed by atoms with Crippen molar-refractivity contribution in [1.29, 1.82) is 0 Å². The van der Waals surface area contributed by atoms with Gasteiger partial charge in [-0.15, -0.1) is 0 Å². The lowest BCUT2D eigenvalue weighted by molar-refractivity contribution is -0.133. The van der Waals surface area contributed by atoms with E-state index >= 15 is 0 Å². The number of fused-ring (bicyclic) bond motifs is 1. The molecule has 0 aromatic carbocycles. The second-order valence-corrected chi connectivity index (χ2v) is 4.87. The molecule has 1 saturated carbocycles. The van der Waals surface area contributed by atoms with Crippen LogP contribution in [0.1, 0.15) is 39.5 Å². The zero-order valence-electron chi connectivity index (χ0n) is 8.92. The van der Waals surface area contributed by atoms with E-state index in [-0.39, 0.29) is 0 Å². The maximum Gasteiger partial charge on any atom is 0.331 e. The van der Waals surface area contributed by atoms with E-state index in [1.807, 2.05) is 0 Å². The molecular formula is C12H18O2. The summed E-state index contributed by atoms with van der Waals surface area (Å²) in [5.41, 5.74) is 2.00. The number of aliphatic carboxylic acids is 1. The van der Waals surface area contributed by atoms with Gasteiger partial charge in [0.25, 0.3) is 0 Å². The van der Waals surface area contributed by atoms with Crippen LogP contribution in [0.5, 0.6) is 0 Å². The molecule has 0 aromatic rings. The third-order valence-electron chi connectivity index (χ3n) is 3.99. The summed E-state index contributed by atoms with van der Waals surface area (Å²) in [4.78, 5) is 11.1. The molecule has 0 radical (unpaired) electrons. The third-order valence-corrected chi connectivity index (χ3v) is 3.99. The molecule has 2 nitrogen and oxygen atoms in total. The highest BCUT2D eigenvalue weighted by Crippen LogP contribution is 2.47. The predicted molar refractivity (Wildman–Crippen MR) is 54.9 cm³/mol. The summed E-state index contributed by atoms with van der Waals surface area (Å²) < 4.78 is 0. The quantitative estimate of drug-likeness (QED) is 0.697. The number of hydrogen-bond acceptors (Lipinski definition) is 1. The van der Waals surface area contributed by atoms with Crippen molar-refractivity contribution in [2.45, 2.75) is 39.5 Å². The van der Waals surface area contributed by atoms with Crippen molar-refractivity contribution in [3.05, 3.63) is 11.1 Å². The molecule has 2 aliphatic carbocycles. The minimum atomic E-state index is -0.675. The lowest BCUT2D eigenvalue weighted by Crippen LogP contribution is -2.23. The summed E-state index contributed by atoms with van der Waals surface area (Å²) >= 11 is 0. The van der Waals surface area contributed by atoms with Crippen LogP contribution in [0, 0.1) is 17.8 Å². The van der Waals surface area contributed by atoms with E-state index in [0.29, 0.717) is 17.8 Å². The summed E-state index contributed by atoms with van der Waals surface area (Å²) in [6.07, 6.45) is 4.05. The maximum absolute atomic E-state index is 11.1. The topological polar surface area (TPSA) is 37.3 Å². The molecule has 0 bridgehead atoms. The van der Waals surface area contributed by atoms with Crippen LogP contribution >= 0.6 is 0 Å². The third kappa shape index (κ3) is 1.37. The molecule has 0 saturated heterocycles. The van der Waals surface area contributed by atoms with Crippen molar-refractivity contribution in [1.82, 2.24) is 0 Å². The largest absolute Gasteiger partial charge is 0.478 e. The molecule has 0 spiro atoms. The van der Waals surface area contributed by atoms with Crippen molar-refractivity contribution >= 4 is 5.97 Å². The smallest absolute Gasteiger partial charge is 0.331 e. The zero-order valence-corrected chi connectivity index (χ0v) is 8.92. The first-order valence-corrected chi connectivity index (χ1v) is 5.56. The van der Waals surface area contributed by atoms with Gasteiger partial charge in [0.2, 0.25) is 0 Å². The van der Waals surface area contributed by atoms with Crippen molar-refractivity contribution in [3.63, 3.8) is 0 Å². The molecule has 2 aliphatic rings. The van der Waals surface area contributed by atoms with Crippen LogP contribution in [-0.4, -0.2) is 11.1 Å². The highest BCUT2D eigenvalue weighted by atomic mass is 16.4. The van der Waals surface area contributed by atoms with Crippen LogP contribution in [0.15, 0.2) is 11.1 Å². The molecule has 0 aromatic heterocycles. The molecule has 3 atom stereocenters. The van der Waals surface area contributed by atoms with E-state index in [1.165, 1.54) is 12.0 Å². The van der Waals surface area contributed by atoms with Gasteiger partial charge < -0.3 is 5.11 Å². The monoisotopic (exact) mass is 194 g/mol. The summed E-state index contributed by atoms with van der Waals surface area (Å²) in [7, 11) is 0. The lowest BCUT2D eigenvalue weighted by atomic mass is 9.74. The fraction of sp³-hybridized carbons (Fsp3) is 0.750. The van der Waals surface area contributed by atoms with Crippen LogP contribution in [0.25, 0.3) is 0 Å². The van der Waals surface area contributed by atoms with Crippen molar-refractivity contribution in [2.24, 2.45) is 17.8 Å². The van der Waals surface area contributed by atoms with Gasteiger partial charge in [-0.25, -0.2) is 4.79 Å². The number of carboxylic acids is 1. The normalized spacial score (nSPS) is 37.1. The van der Waals surface area contributed by atoms with E-state index in [1.54, 1.807) is 0 Å². The van der Waals surface area contributed by atoms with Crippen LogP contribution in [0.4, 0.5) is 0 Å². The number of hydrogen-bond donors (Lipinski definition) is 1. The Labute approximate surface area is 85.0 Å². The van der Waals surface area contributed by atoms with Crippen LogP contribution in [0.2, 0.25) is 0 Å². The Morgan fingerprint density at radius 1 is 1.21 bits per heavy atom. The van der Waals surface area contributed by atoms with E-state index < -0.39 is 5.97 Å². The fourth-order valence-corrected chi connectivity index (χ4v) is 3.29. The maximum atomic E-state index is 11.1. The molecule has 2 rings (SSSR count). The number of rotatable bonds is 1. The minimum absolute atomic E-state index is 0.565. The molecule has 1 unspecified atom stereocenters. The van der Waals surface area contributed by atoms with Gasteiger partial charge in [-0.2, -0.15) is 0 Å². The SMILES string of the molecule is C[C@@H]1CCC2=C(C(=O)O)CC[C@H](C)C21. The predicted octanol–water partition coefficient (Wildman–Crippen LogP) is 2.84. The Kier molecular flexibility index (Phi) is 2.38. The average Bonchev–Trinajstić information content (AvgIpc) is 2.49. The molecule has 0 heterocycles. The van der Waals surface area contributed by atoms with Gasteiger partial charge in [0.05, 0.1) is 0 Å². The Morgan fingerprint density at radius 2 is 1.79 bits per heavy atom. The Balaban J connectivity index is 2.37. The molecule has 14 heavy (non-hydrogen) atoms. The highest BCUT2D eigenvalue weighted by Gasteiger charge is 2.38. The Bertz CT molecular complexity index is 291. The van der Waals surface area contributed by atoms with E-state index in [4.69, 9.17) is 5.11 Å². The number of allylic oxidation sites excluding steroid dienone is 1. The van der Waals surface area contributed by atoms with Gasteiger partial charge in [0, 0.05) is 5.57 Å². The van der Waals surface area contributed by atoms with Crippen molar-refractivity contribution in [3.8, 4) is 0 Å². The van der Waals surface area contributed by atoms with Crippen LogP contribution in [0.3, 0.4) is 0 Å². The van der Waals surface area contributed by atoms with Crippen LogP contribution < -0.4 is 0 Å². The molecular weight excluding hydrogens is 176 g/mol. The van der Waals surface area contributed by atoms with Gasteiger partial charge >= 0.3 is 5.97 Å². The van der Waals surface area contributed by atoms with Gasteiger partial charge in [-0.1, -0.05) is 19.4 Å². The van der Waals surface area contributed by atoms with E-state index in [2.05, 4.69) is 13.8 Å². The van der Waals surface area contributed by atoms with Gasteiger partial charge in [0.1, 0.15) is 0 Å². The van der Waals surface area contributed by atoms with Crippen molar-refractivity contribution < 1.29 is 9.90 Å². The van der Waals surface area contributed by atoms with E-state index in [0.717, 1.165) is 24.8 Å². The first kappa shape index (κ1) is 9.75. The minimum Gasteiger partial charge on any atom is -0.478 e. The van der Waals surface area contributed by atoms with E-state index in [9.17, 15) is 4.79 Å². The first-order chi connectivity index (χ1) is 6.61. The first-order valence-electron chi connectivity index (χ1n) is 5.56. The average molecular weight is 194 g/mol. The molecule has 0 amide bonds. The second-order valence-electron chi connectivity index (χ2n) is 4.87. The van der Waals surface area contributed by atoms with Gasteiger partial charge in [0.15, 0.2) is 0 Å². The standard InChI is InChI=1S/C12H18O2/c1-7-3-5-9-10(12(13)14)6-4-8(2)11(7)9/h7-8,11H,3-6H2,1-2H3,(H,13,14)/t7-,8+,11?/m1/s1. The molecule has 0 aliphatic heterocycles. The molecule has 1 fully saturated rings. The zero-order chi connectivity index (χ0) is 10.3. The number of carboxylic acid groups (broad SMARTS) is 1. The number of carbonyl (C=O) groups is 1. The summed E-state index contributed by atoms with van der Waals surface area (Å²) in [5, 5.41) is 9.10. The molecule has 78 valence electrons. The Hall–Kier alpha value is -0.790. The highest BCUT2D eigenvalue weighted by molar-refractivity contribution is 5.88. The summed E-state index contributed by atoms with van der Waals surface area (Å²) in [6.45, 7) is 4.53. The summed E-state index contributed by atoms with van der Waals surface area (Å²) in [6, 6.07) is 0. The fourth-order valence-electron chi connectivity index (χ4n) is 3.29. The van der Waals surface area contributed by atoms with Crippen molar-refractivity contribution in [2.75, 3.05) is 0 Å². The molecule has 1 N–H and O–H groups in total. The summed E-state index contributed by atoms with van der Waals surface area (Å²) in [5.74, 6) is 1.26. The van der Waals surface area contributed by atoms with Crippen LogP contribution in [-0.2, 0) is 4.79 Å². The second kappa shape index (κ2) is 3.41.